The highest BCUT2D eigenvalue weighted by atomic mass is 19.4. The summed E-state index contributed by atoms with van der Waals surface area (Å²) in [5.74, 6) is -1.22. The number of aliphatic hydroxyl groups excluding tert-OH is 1. The molecule has 180 valence electrons. The van der Waals surface area contributed by atoms with Crippen molar-refractivity contribution < 1.29 is 32.3 Å². The molecule has 1 aliphatic heterocycles. The number of alkyl halides is 3. The van der Waals surface area contributed by atoms with Crippen LogP contribution in [0, 0.1) is 5.92 Å². The van der Waals surface area contributed by atoms with Crippen molar-refractivity contribution in [1.29, 1.82) is 0 Å². The quantitative estimate of drug-likeness (QED) is 0.468. The zero-order valence-corrected chi connectivity index (χ0v) is 17.8. The van der Waals surface area contributed by atoms with Gasteiger partial charge in [-0.25, -0.2) is 9.97 Å². The fraction of sp³-hybridized carbons (Fsp3) is 0.350. The summed E-state index contributed by atoms with van der Waals surface area (Å²) in [6.45, 7) is -1.17. The van der Waals surface area contributed by atoms with Crippen molar-refractivity contribution in [3.8, 4) is 11.5 Å². The number of rotatable bonds is 7. The normalized spacial score (nSPS) is 16.2. The lowest BCUT2D eigenvalue weighted by Gasteiger charge is -2.15. The molecule has 2 amide bonds. The van der Waals surface area contributed by atoms with E-state index in [1.54, 1.807) is 7.05 Å². The minimum atomic E-state index is -4.41. The predicted molar refractivity (Wildman–Crippen MR) is 113 cm³/mol. The summed E-state index contributed by atoms with van der Waals surface area (Å²) < 4.78 is 44.0. The third kappa shape index (κ3) is 5.01. The monoisotopic (exact) mass is 479 g/mol. The van der Waals surface area contributed by atoms with Crippen LogP contribution in [0.15, 0.2) is 35.2 Å². The first-order valence-corrected chi connectivity index (χ1v) is 10.1. The minimum Gasteiger partial charge on any atom is -0.444 e. The molecular weight excluding hydrogens is 459 g/mol. The molecule has 1 aliphatic rings. The molecule has 4 heterocycles. The minimum absolute atomic E-state index is 0.00882. The number of aryl methyl sites for hydroxylation is 1. The Morgan fingerprint density at radius 1 is 1.38 bits per heavy atom. The molecule has 34 heavy (non-hydrogen) atoms. The Balaban J connectivity index is 1.49. The van der Waals surface area contributed by atoms with E-state index in [2.05, 4.69) is 25.7 Å². The molecule has 0 radical (unpaired) electrons. The van der Waals surface area contributed by atoms with Gasteiger partial charge in [-0.1, -0.05) is 0 Å². The highest BCUT2D eigenvalue weighted by molar-refractivity contribution is 6.06. The number of anilines is 3. The standard InChI is InChI=1S/C20H20F3N7O4/c1-29-7-13(16(28-29)30-5-3-12(8-31)19(30)33)26-17(32)14-9-34-18(27-14)11-2-4-24-15(6-11)25-10-20(21,22)23/h2,4,6-7,9,12,31H,3,5,8,10H2,1H3,(H,24,25)(H,26,32). The van der Waals surface area contributed by atoms with Gasteiger partial charge in [0.15, 0.2) is 11.5 Å². The fourth-order valence-corrected chi connectivity index (χ4v) is 3.43. The maximum atomic E-state index is 12.8. The summed E-state index contributed by atoms with van der Waals surface area (Å²) in [5, 5.41) is 18.4. The van der Waals surface area contributed by atoms with E-state index in [9.17, 15) is 27.9 Å². The summed E-state index contributed by atoms with van der Waals surface area (Å²) in [5.41, 5.74) is 0.498. The average Bonchev–Trinajstić information content (AvgIpc) is 3.50. The third-order valence-electron chi connectivity index (χ3n) is 5.06. The average molecular weight is 479 g/mol. The highest BCUT2D eigenvalue weighted by Gasteiger charge is 2.35. The van der Waals surface area contributed by atoms with Gasteiger partial charge in [-0.2, -0.15) is 18.3 Å². The van der Waals surface area contributed by atoms with Gasteiger partial charge < -0.3 is 20.2 Å². The van der Waals surface area contributed by atoms with Crippen molar-refractivity contribution in [2.24, 2.45) is 13.0 Å². The fourth-order valence-electron chi connectivity index (χ4n) is 3.43. The van der Waals surface area contributed by atoms with E-state index < -0.39 is 24.5 Å². The number of carbonyl (C=O) groups is 2. The first-order valence-electron chi connectivity index (χ1n) is 10.1. The van der Waals surface area contributed by atoms with Gasteiger partial charge >= 0.3 is 6.18 Å². The second-order valence-electron chi connectivity index (χ2n) is 7.59. The van der Waals surface area contributed by atoms with E-state index in [-0.39, 0.29) is 41.4 Å². The van der Waals surface area contributed by atoms with Gasteiger partial charge in [-0.15, -0.1) is 0 Å². The van der Waals surface area contributed by atoms with E-state index in [4.69, 9.17) is 4.42 Å². The maximum Gasteiger partial charge on any atom is 0.405 e. The lowest BCUT2D eigenvalue weighted by atomic mass is 10.1. The van der Waals surface area contributed by atoms with Crippen LogP contribution in [0.4, 0.5) is 30.5 Å². The first-order chi connectivity index (χ1) is 16.1. The summed E-state index contributed by atoms with van der Waals surface area (Å²) in [6.07, 6.45) is -0.0258. The number of halogens is 3. The van der Waals surface area contributed by atoms with Crippen molar-refractivity contribution in [1.82, 2.24) is 19.7 Å². The summed E-state index contributed by atoms with van der Waals surface area (Å²) in [4.78, 5) is 34.5. The molecule has 0 aliphatic carbocycles. The molecule has 0 spiro atoms. The molecule has 11 nitrogen and oxygen atoms in total. The molecule has 14 heteroatoms. The summed E-state index contributed by atoms with van der Waals surface area (Å²) in [6, 6.07) is 2.79. The third-order valence-corrected chi connectivity index (χ3v) is 5.06. The van der Waals surface area contributed by atoms with Gasteiger partial charge in [0.2, 0.25) is 11.8 Å². The van der Waals surface area contributed by atoms with Crippen molar-refractivity contribution in [2.75, 3.05) is 35.2 Å². The molecule has 3 aromatic heterocycles. The van der Waals surface area contributed by atoms with Crippen molar-refractivity contribution in [3.05, 3.63) is 36.5 Å². The van der Waals surface area contributed by atoms with Crippen molar-refractivity contribution in [2.45, 2.75) is 12.6 Å². The molecule has 0 aromatic carbocycles. The summed E-state index contributed by atoms with van der Waals surface area (Å²) in [7, 11) is 1.63. The highest BCUT2D eigenvalue weighted by Crippen LogP contribution is 2.30. The molecule has 1 saturated heterocycles. The molecule has 3 aromatic rings. The largest absolute Gasteiger partial charge is 0.444 e. The van der Waals surface area contributed by atoms with E-state index in [1.807, 2.05) is 0 Å². The predicted octanol–water partition coefficient (Wildman–Crippen LogP) is 2.04. The van der Waals surface area contributed by atoms with Crippen LogP contribution in [0.5, 0.6) is 0 Å². The second kappa shape index (κ2) is 9.13. The van der Waals surface area contributed by atoms with Crippen LogP contribution in [0.3, 0.4) is 0 Å². The number of nitrogens with one attached hydrogen (secondary N) is 2. The number of oxazole rings is 1. The Labute approximate surface area is 190 Å². The van der Waals surface area contributed by atoms with Gasteiger partial charge in [-0.05, 0) is 18.6 Å². The molecule has 4 rings (SSSR count). The number of aliphatic hydroxyl groups is 1. The smallest absolute Gasteiger partial charge is 0.405 e. The van der Waals surface area contributed by atoms with Crippen molar-refractivity contribution >= 4 is 29.1 Å². The van der Waals surface area contributed by atoms with Crippen LogP contribution in [-0.4, -0.2) is 62.5 Å². The van der Waals surface area contributed by atoms with Crippen LogP contribution in [-0.2, 0) is 11.8 Å². The van der Waals surface area contributed by atoms with Crippen LogP contribution in [0.25, 0.3) is 11.5 Å². The molecule has 1 fully saturated rings. The first kappa shape index (κ1) is 23.2. The Bertz CT molecular complexity index is 1210. The van der Waals surface area contributed by atoms with Gasteiger partial charge in [0.25, 0.3) is 5.91 Å². The van der Waals surface area contributed by atoms with Gasteiger partial charge in [0.05, 0.1) is 18.7 Å². The zero-order valence-electron chi connectivity index (χ0n) is 17.8. The van der Waals surface area contributed by atoms with Gasteiger partial charge in [0.1, 0.15) is 24.3 Å². The molecule has 0 saturated carbocycles. The maximum absolute atomic E-state index is 12.8. The van der Waals surface area contributed by atoms with E-state index >= 15 is 0 Å². The lowest BCUT2D eigenvalue weighted by molar-refractivity contribution is -0.121. The number of hydrogen-bond acceptors (Lipinski definition) is 8. The number of nitrogens with zero attached hydrogens (tertiary/aromatic N) is 5. The Morgan fingerprint density at radius 2 is 2.18 bits per heavy atom. The SMILES string of the molecule is Cn1cc(NC(=O)c2coc(-c3ccnc(NCC(F)(F)F)c3)n2)c(N2CCC(CO)C2=O)n1. The zero-order chi connectivity index (χ0) is 24.5. The van der Waals surface area contributed by atoms with Crippen molar-refractivity contribution in [3.63, 3.8) is 0 Å². The topological polar surface area (TPSA) is 138 Å². The Hall–Kier alpha value is -3.94. The molecule has 3 N–H and O–H groups in total. The molecular formula is C20H20F3N7O4. The number of carbonyl (C=O) groups excluding carboxylic acids is 2. The molecule has 0 bridgehead atoms. The van der Waals surface area contributed by atoms with Crippen LogP contribution in [0.1, 0.15) is 16.9 Å². The lowest BCUT2D eigenvalue weighted by Crippen LogP contribution is -2.29. The number of amides is 2. The van der Waals surface area contributed by atoms with Crippen LogP contribution >= 0.6 is 0 Å². The van der Waals surface area contributed by atoms with Gasteiger partial charge in [-0.3, -0.25) is 19.2 Å². The van der Waals surface area contributed by atoms with Crippen LogP contribution in [0.2, 0.25) is 0 Å². The number of pyridine rings is 1. The second-order valence-corrected chi connectivity index (χ2v) is 7.59. The Morgan fingerprint density at radius 3 is 2.88 bits per heavy atom. The molecule has 1 atom stereocenters. The summed E-state index contributed by atoms with van der Waals surface area (Å²) >= 11 is 0. The number of aromatic nitrogens is 4. The Kier molecular flexibility index (Phi) is 6.24. The van der Waals surface area contributed by atoms with E-state index in [1.165, 1.54) is 34.1 Å². The van der Waals surface area contributed by atoms with Crippen LogP contribution < -0.4 is 15.5 Å². The molecule has 1 unspecified atom stereocenters. The van der Waals surface area contributed by atoms with Gasteiger partial charge in [0, 0.05) is 25.4 Å². The van der Waals surface area contributed by atoms with E-state index in [0.717, 1.165) is 6.26 Å². The number of hydrogen-bond donors (Lipinski definition) is 3. The van der Waals surface area contributed by atoms with E-state index in [0.29, 0.717) is 18.5 Å².